The van der Waals surface area contributed by atoms with Gasteiger partial charge in [-0.25, -0.2) is 4.98 Å². The minimum absolute atomic E-state index is 0.0442. The summed E-state index contributed by atoms with van der Waals surface area (Å²) in [7, 11) is 1.95. The Bertz CT molecular complexity index is 1950. The van der Waals surface area contributed by atoms with Gasteiger partial charge in [-0.15, -0.1) is 11.3 Å². The van der Waals surface area contributed by atoms with E-state index in [1.54, 1.807) is 24.5 Å². The van der Waals surface area contributed by atoms with Crippen molar-refractivity contribution >= 4 is 49.8 Å². The van der Waals surface area contributed by atoms with Gasteiger partial charge < -0.3 is 4.74 Å². The Hall–Kier alpha value is -3.91. The molecule has 0 saturated carbocycles. The first kappa shape index (κ1) is 28.2. The summed E-state index contributed by atoms with van der Waals surface area (Å²) in [5.41, 5.74) is 7.96. The standard InChI is InChI=1S/C34H31ClN4O2S/c1-19-16-26-32(29(21-9-12-24(35)13-10-21)28(19)31(20(2)40)41-34(3,4)5)42-33(37-26)22-11-14-27-25(17-22)30(38-39(27)6)23-8-7-15-36-18-23/h7-18,31H,1-6H3/t31-/m1/s1. The molecule has 3 aromatic heterocycles. The number of hydrogen-bond donors (Lipinski definition) is 0. The Morgan fingerprint density at radius 3 is 2.43 bits per heavy atom. The van der Waals surface area contributed by atoms with Gasteiger partial charge in [0.05, 0.1) is 21.3 Å². The lowest BCUT2D eigenvalue weighted by atomic mass is 9.90. The molecule has 6 rings (SSSR count). The number of aromatic nitrogens is 4. The lowest BCUT2D eigenvalue weighted by molar-refractivity contribution is -0.138. The maximum Gasteiger partial charge on any atom is 0.163 e. The van der Waals surface area contributed by atoms with E-state index >= 15 is 0 Å². The molecule has 3 heterocycles. The van der Waals surface area contributed by atoms with Crippen LogP contribution in [-0.2, 0) is 16.6 Å². The summed E-state index contributed by atoms with van der Waals surface area (Å²) in [6.07, 6.45) is 2.87. The summed E-state index contributed by atoms with van der Waals surface area (Å²) in [6, 6.07) is 20.1. The van der Waals surface area contributed by atoms with E-state index in [9.17, 15) is 4.79 Å². The second kappa shape index (κ2) is 10.7. The van der Waals surface area contributed by atoms with Crippen LogP contribution in [0.3, 0.4) is 0 Å². The lowest BCUT2D eigenvalue weighted by Crippen LogP contribution is -2.27. The molecule has 0 aliphatic carbocycles. The first-order valence-electron chi connectivity index (χ1n) is 13.8. The molecule has 212 valence electrons. The van der Waals surface area contributed by atoms with Crippen LogP contribution in [0.2, 0.25) is 5.02 Å². The number of ether oxygens (including phenoxy) is 1. The van der Waals surface area contributed by atoms with Crippen LogP contribution in [0.5, 0.6) is 0 Å². The molecule has 0 saturated heterocycles. The summed E-state index contributed by atoms with van der Waals surface area (Å²) in [5.74, 6) is -0.0442. The fourth-order valence-electron chi connectivity index (χ4n) is 5.39. The topological polar surface area (TPSA) is 69.9 Å². The van der Waals surface area contributed by atoms with E-state index < -0.39 is 11.7 Å². The van der Waals surface area contributed by atoms with Gasteiger partial charge in [0, 0.05) is 52.1 Å². The smallest absolute Gasteiger partial charge is 0.163 e. The van der Waals surface area contributed by atoms with Gasteiger partial charge in [0.25, 0.3) is 0 Å². The Balaban J connectivity index is 1.59. The van der Waals surface area contributed by atoms with E-state index in [2.05, 4.69) is 29.2 Å². The van der Waals surface area contributed by atoms with Gasteiger partial charge in [0.2, 0.25) is 0 Å². The quantitative estimate of drug-likeness (QED) is 0.192. The number of halogens is 1. The summed E-state index contributed by atoms with van der Waals surface area (Å²) in [5, 5.41) is 7.36. The summed E-state index contributed by atoms with van der Waals surface area (Å²) in [6.45, 7) is 9.53. The number of ketones is 1. The van der Waals surface area contributed by atoms with Gasteiger partial charge in [0.1, 0.15) is 16.8 Å². The summed E-state index contributed by atoms with van der Waals surface area (Å²) in [4.78, 5) is 22.5. The molecular formula is C34H31ClN4O2S. The minimum Gasteiger partial charge on any atom is -0.360 e. The average Bonchev–Trinajstić information content (AvgIpc) is 3.52. The van der Waals surface area contributed by atoms with Crippen LogP contribution in [0.1, 0.15) is 44.9 Å². The van der Waals surface area contributed by atoms with Gasteiger partial charge in [-0.05, 0) is 94.3 Å². The molecule has 6 nitrogen and oxygen atoms in total. The number of thiazole rings is 1. The van der Waals surface area contributed by atoms with Crippen LogP contribution in [0.25, 0.3) is 54.1 Å². The monoisotopic (exact) mass is 594 g/mol. The second-order valence-corrected chi connectivity index (χ2v) is 13.0. The molecule has 0 unspecified atom stereocenters. The maximum absolute atomic E-state index is 13.1. The SMILES string of the molecule is CC(=O)[C@@H](OC(C)(C)C)c1c(C)cc2nc(-c3ccc4c(c3)c(-c3cccnc3)nn4C)sc2c1-c1ccc(Cl)cc1. The number of rotatable bonds is 6. The van der Waals surface area contributed by atoms with Gasteiger partial charge >= 0.3 is 0 Å². The number of nitrogens with zero attached hydrogens (tertiary/aromatic N) is 4. The van der Waals surface area contributed by atoms with Crippen molar-refractivity contribution in [3.63, 3.8) is 0 Å². The molecule has 0 bridgehead atoms. The zero-order valence-electron chi connectivity index (χ0n) is 24.4. The van der Waals surface area contributed by atoms with E-state index in [4.69, 9.17) is 26.4 Å². The van der Waals surface area contributed by atoms with Crippen LogP contribution < -0.4 is 0 Å². The minimum atomic E-state index is -0.723. The molecule has 0 fully saturated rings. The van der Waals surface area contributed by atoms with Crippen molar-refractivity contribution in [1.29, 1.82) is 0 Å². The molecule has 0 aliphatic heterocycles. The van der Waals surface area contributed by atoms with E-state index in [0.717, 1.165) is 65.2 Å². The number of carbonyl (C=O) groups excluding carboxylic acids is 1. The normalized spacial score (nSPS) is 12.7. The molecule has 0 N–H and O–H groups in total. The van der Waals surface area contributed by atoms with Crippen molar-refractivity contribution in [3.8, 4) is 33.0 Å². The van der Waals surface area contributed by atoms with Crippen LogP contribution in [-0.4, -0.2) is 31.1 Å². The van der Waals surface area contributed by atoms with Crippen LogP contribution >= 0.6 is 22.9 Å². The Morgan fingerprint density at radius 2 is 1.76 bits per heavy atom. The molecule has 1 atom stereocenters. The number of fused-ring (bicyclic) bond motifs is 2. The summed E-state index contributed by atoms with van der Waals surface area (Å²) >= 11 is 7.89. The number of pyridine rings is 1. The van der Waals surface area contributed by atoms with Crippen molar-refractivity contribution in [3.05, 3.63) is 89.2 Å². The summed E-state index contributed by atoms with van der Waals surface area (Å²) < 4.78 is 9.28. The highest BCUT2D eigenvalue weighted by Gasteiger charge is 2.30. The average molecular weight is 595 g/mol. The lowest BCUT2D eigenvalue weighted by Gasteiger charge is -2.29. The predicted molar refractivity (Wildman–Crippen MR) is 172 cm³/mol. The van der Waals surface area contributed by atoms with Gasteiger partial charge in [-0.2, -0.15) is 5.10 Å². The third-order valence-electron chi connectivity index (χ3n) is 7.20. The zero-order chi connectivity index (χ0) is 29.8. The fourth-order valence-corrected chi connectivity index (χ4v) is 6.64. The van der Waals surface area contributed by atoms with Crippen LogP contribution in [0.15, 0.2) is 73.1 Å². The number of aryl methyl sites for hydroxylation is 2. The molecule has 0 spiro atoms. The molecule has 8 heteroatoms. The number of carbonyl (C=O) groups is 1. The fraction of sp³-hybridized carbons (Fsp3) is 0.235. The number of Topliss-reactive ketones (excluding diaryl/α,β-unsaturated/α-hetero) is 1. The van der Waals surface area contributed by atoms with E-state index in [0.29, 0.717) is 5.02 Å². The number of benzene rings is 3. The highest BCUT2D eigenvalue weighted by atomic mass is 35.5. The van der Waals surface area contributed by atoms with Crippen molar-refractivity contribution in [2.24, 2.45) is 7.05 Å². The van der Waals surface area contributed by atoms with E-state index in [1.165, 1.54) is 0 Å². The van der Waals surface area contributed by atoms with Gasteiger partial charge in [0.15, 0.2) is 5.78 Å². The van der Waals surface area contributed by atoms with Crippen molar-refractivity contribution < 1.29 is 9.53 Å². The van der Waals surface area contributed by atoms with E-state index in [1.807, 2.05) is 82.0 Å². The molecule has 42 heavy (non-hydrogen) atoms. The third-order valence-corrected chi connectivity index (χ3v) is 8.59. The predicted octanol–water partition coefficient (Wildman–Crippen LogP) is 8.99. The molecule has 0 radical (unpaired) electrons. The Kier molecular flexibility index (Phi) is 7.21. The van der Waals surface area contributed by atoms with E-state index in [-0.39, 0.29) is 5.78 Å². The first-order chi connectivity index (χ1) is 20.0. The molecular weight excluding hydrogens is 564 g/mol. The Labute approximate surface area is 254 Å². The Morgan fingerprint density at radius 1 is 1.02 bits per heavy atom. The molecule has 0 aliphatic rings. The first-order valence-corrected chi connectivity index (χ1v) is 15.0. The highest BCUT2D eigenvalue weighted by Crippen LogP contribution is 2.45. The van der Waals surface area contributed by atoms with Crippen molar-refractivity contribution in [2.45, 2.75) is 46.3 Å². The molecule has 0 amide bonds. The van der Waals surface area contributed by atoms with Gasteiger partial charge in [-0.1, -0.05) is 23.7 Å². The van der Waals surface area contributed by atoms with Crippen LogP contribution in [0.4, 0.5) is 0 Å². The maximum atomic E-state index is 13.1. The van der Waals surface area contributed by atoms with Gasteiger partial charge in [-0.3, -0.25) is 14.5 Å². The molecule has 6 aromatic rings. The second-order valence-electron chi connectivity index (χ2n) is 11.5. The van der Waals surface area contributed by atoms with Crippen molar-refractivity contribution in [1.82, 2.24) is 19.7 Å². The molecule has 3 aromatic carbocycles. The highest BCUT2D eigenvalue weighted by molar-refractivity contribution is 7.22. The number of hydrogen-bond acceptors (Lipinski definition) is 6. The van der Waals surface area contributed by atoms with Crippen molar-refractivity contribution in [2.75, 3.05) is 0 Å². The van der Waals surface area contributed by atoms with Crippen LogP contribution in [0, 0.1) is 6.92 Å². The largest absolute Gasteiger partial charge is 0.360 e. The zero-order valence-corrected chi connectivity index (χ0v) is 26.0. The third kappa shape index (κ3) is 5.24.